The number of fused-ring (bicyclic) bond motifs is 1. The predicted octanol–water partition coefficient (Wildman–Crippen LogP) is 3.91. The fourth-order valence-electron chi connectivity index (χ4n) is 2.21. The molecule has 1 aromatic heterocycles. The minimum Gasteiger partial charge on any atom is -0.382 e. The monoisotopic (exact) mass is 264 g/mol. The molecule has 4 heteroatoms. The number of hydrogen-bond donors (Lipinski definition) is 1. The van der Waals surface area contributed by atoms with E-state index in [1.165, 1.54) is 34.7 Å². The van der Waals surface area contributed by atoms with Crippen LogP contribution < -0.4 is 5.32 Å². The van der Waals surface area contributed by atoms with Gasteiger partial charge in [-0.05, 0) is 49.5 Å². The number of rotatable bonds is 2. The Hall–Kier alpha value is -0.740. The number of benzene rings is 1. The third-order valence-corrected chi connectivity index (χ3v) is 5.07. The Kier molecular flexibility index (Phi) is 3.25. The third-order valence-electron chi connectivity index (χ3n) is 3.09. The topological polar surface area (TPSA) is 24.9 Å². The molecule has 0 atom stereocenters. The molecule has 0 amide bonds. The number of anilines is 1. The first kappa shape index (κ1) is 11.4. The van der Waals surface area contributed by atoms with Crippen molar-refractivity contribution in [1.29, 1.82) is 0 Å². The molecule has 2 nitrogen and oxygen atoms in total. The maximum atomic E-state index is 4.49. The fourth-order valence-corrected chi connectivity index (χ4v) is 4.18. The zero-order valence-corrected chi connectivity index (χ0v) is 11.5. The number of nitrogens with zero attached hydrogens (tertiary/aromatic N) is 1. The Bertz CT molecular complexity index is 515. The van der Waals surface area contributed by atoms with Gasteiger partial charge in [0.05, 0.1) is 15.2 Å². The highest BCUT2D eigenvalue weighted by molar-refractivity contribution is 7.99. The molecular weight excluding hydrogens is 248 g/mol. The molecule has 1 aliphatic rings. The number of thiazole rings is 1. The molecule has 3 rings (SSSR count). The van der Waals surface area contributed by atoms with Crippen LogP contribution in [0.5, 0.6) is 0 Å². The van der Waals surface area contributed by atoms with Gasteiger partial charge in [0.15, 0.2) is 0 Å². The summed E-state index contributed by atoms with van der Waals surface area (Å²) in [6.07, 6.45) is 2.56. The number of hydrogen-bond acceptors (Lipinski definition) is 4. The summed E-state index contributed by atoms with van der Waals surface area (Å²) in [7, 11) is 0. The lowest BCUT2D eigenvalue weighted by Gasteiger charge is -2.23. The second-order valence-electron chi connectivity index (χ2n) is 4.45. The first-order valence-electron chi connectivity index (χ1n) is 6.03. The Labute approximate surface area is 110 Å². The summed E-state index contributed by atoms with van der Waals surface area (Å²) in [5.74, 6) is 2.58. The molecule has 0 spiro atoms. The summed E-state index contributed by atoms with van der Waals surface area (Å²) in [6.45, 7) is 2.07. The van der Waals surface area contributed by atoms with Crippen LogP contribution in [-0.2, 0) is 0 Å². The Morgan fingerprint density at radius 2 is 2.12 bits per heavy atom. The van der Waals surface area contributed by atoms with Crippen LogP contribution in [0.1, 0.15) is 17.8 Å². The van der Waals surface area contributed by atoms with Crippen LogP contribution in [0.2, 0.25) is 0 Å². The van der Waals surface area contributed by atoms with Gasteiger partial charge in [-0.25, -0.2) is 4.98 Å². The first-order chi connectivity index (χ1) is 8.31. The zero-order valence-electron chi connectivity index (χ0n) is 9.90. The van der Waals surface area contributed by atoms with E-state index in [4.69, 9.17) is 0 Å². The normalized spacial score (nSPS) is 17.5. The van der Waals surface area contributed by atoms with Gasteiger partial charge in [0, 0.05) is 11.7 Å². The molecule has 17 heavy (non-hydrogen) atoms. The summed E-state index contributed by atoms with van der Waals surface area (Å²) in [6, 6.07) is 7.17. The summed E-state index contributed by atoms with van der Waals surface area (Å²) in [5, 5.41) is 4.79. The van der Waals surface area contributed by atoms with E-state index >= 15 is 0 Å². The van der Waals surface area contributed by atoms with Gasteiger partial charge >= 0.3 is 0 Å². The highest BCUT2D eigenvalue weighted by Gasteiger charge is 2.13. The van der Waals surface area contributed by atoms with Crippen molar-refractivity contribution in [2.24, 2.45) is 0 Å². The van der Waals surface area contributed by atoms with E-state index in [0.29, 0.717) is 6.04 Å². The lowest BCUT2D eigenvalue weighted by atomic mass is 10.1. The second kappa shape index (κ2) is 4.86. The minimum absolute atomic E-state index is 0.655. The minimum atomic E-state index is 0.655. The number of nitrogens with one attached hydrogen (secondary N) is 1. The van der Waals surface area contributed by atoms with E-state index < -0.39 is 0 Å². The molecule has 1 aliphatic heterocycles. The molecule has 0 aliphatic carbocycles. The smallest absolute Gasteiger partial charge is 0.0907 e. The molecule has 0 unspecified atom stereocenters. The van der Waals surface area contributed by atoms with Gasteiger partial charge in [-0.2, -0.15) is 11.8 Å². The van der Waals surface area contributed by atoms with E-state index in [-0.39, 0.29) is 0 Å². The maximum absolute atomic E-state index is 4.49. The Morgan fingerprint density at radius 1 is 1.29 bits per heavy atom. The summed E-state index contributed by atoms with van der Waals surface area (Å²) < 4.78 is 1.29. The first-order valence-corrected chi connectivity index (χ1v) is 8.00. The van der Waals surface area contributed by atoms with Gasteiger partial charge in [0.1, 0.15) is 0 Å². The van der Waals surface area contributed by atoms with Crippen LogP contribution in [0.25, 0.3) is 10.2 Å². The van der Waals surface area contributed by atoms with Crippen molar-refractivity contribution >= 4 is 39.0 Å². The van der Waals surface area contributed by atoms with Crippen LogP contribution in [-0.4, -0.2) is 22.5 Å². The van der Waals surface area contributed by atoms with E-state index in [9.17, 15) is 0 Å². The van der Waals surface area contributed by atoms with Crippen molar-refractivity contribution in [3.05, 3.63) is 23.2 Å². The molecule has 2 heterocycles. The van der Waals surface area contributed by atoms with Crippen LogP contribution in [0, 0.1) is 6.92 Å². The van der Waals surface area contributed by atoms with Gasteiger partial charge in [-0.15, -0.1) is 11.3 Å². The predicted molar refractivity (Wildman–Crippen MR) is 78.3 cm³/mol. The molecule has 2 aromatic rings. The van der Waals surface area contributed by atoms with Crippen LogP contribution in [0.3, 0.4) is 0 Å². The Morgan fingerprint density at radius 3 is 2.94 bits per heavy atom. The number of aromatic nitrogens is 1. The van der Waals surface area contributed by atoms with Crippen molar-refractivity contribution < 1.29 is 0 Å². The lowest BCUT2D eigenvalue weighted by Crippen LogP contribution is -2.24. The van der Waals surface area contributed by atoms with Crippen molar-refractivity contribution in [3.63, 3.8) is 0 Å². The standard InChI is InChI=1S/C13H16N2S2/c1-9-14-12-3-2-11(8-13(12)17-9)15-10-4-6-16-7-5-10/h2-3,8,10,15H,4-7H2,1H3. The van der Waals surface area contributed by atoms with Crippen molar-refractivity contribution in [2.45, 2.75) is 25.8 Å². The molecule has 0 radical (unpaired) electrons. The summed E-state index contributed by atoms with van der Waals surface area (Å²) in [5.41, 5.74) is 2.37. The van der Waals surface area contributed by atoms with Crippen molar-refractivity contribution in [2.75, 3.05) is 16.8 Å². The van der Waals surface area contributed by atoms with Gasteiger partial charge < -0.3 is 5.32 Å². The average Bonchev–Trinajstić information content (AvgIpc) is 2.70. The molecule has 1 fully saturated rings. The molecule has 0 bridgehead atoms. The molecule has 90 valence electrons. The largest absolute Gasteiger partial charge is 0.382 e. The van der Waals surface area contributed by atoms with Gasteiger partial charge in [0.2, 0.25) is 0 Å². The third kappa shape index (κ3) is 2.58. The highest BCUT2D eigenvalue weighted by atomic mass is 32.2. The van der Waals surface area contributed by atoms with Gasteiger partial charge in [0.25, 0.3) is 0 Å². The lowest BCUT2D eigenvalue weighted by molar-refractivity contribution is 0.667. The summed E-state index contributed by atoms with van der Waals surface area (Å²) in [4.78, 5) is 4.49. The SMILES string of the molecule is Cc1nc2ccc(NC3CCSCC3)cc2s1. The van der Waals surface area contributed by atoms with E-state index in [1.807, 2.05) is 0 Å². The molecule has 1 N–H and O–H groups in total. The van der Waals surface area contributed by atoms with Crippen LogP contribution in [0.4, 0.5) is 5.69 Å². The van der Waals surface area contributed by atoms with Crippen LogP contribution in [0.15, 0.2) is 18.2 Å². The fraction of sp³-hybridized carbons (Fsp3) is 0.462. The highest BCUT2D eigenvalue weighted by Crippen LogP contribution is 2.26. The van der Waals surface area contributed by atoms with E-state index in [2.05, 4.69) is 47.2 Å². The summed E-state index contributed by atoms with van der Waals surface area (Å²) >= 11 is 3.84. The Balaban J connectivity index is 1.79. The van der Waals surface area contributed by atoms with Crippen molar-refractivity contribution in [3.8, 4) is 0 Å². The number of thioether (sulfide) groups is 1. The van der Waals surface area contributed by atoms with Gasteiger partial charge in [-0.3, -0.25) is 0 Å². The van der Waals surface area contributed by atoms with E-state index in [0.717, 1.165) is 10.5 Å². The quantitative estimate of drug-likeness (QED) is 0.890. The maximum Gasteiger partial charge on any atom is 0.0907 e. The molecule has 0 saturated carbocycles. The van der Waals surface area contributed by atoms with Crippen LogP contribution >= 0.6 is 23.1 Å². The zero-order chi connectivity index (χ0) is 11.7. The molecular formula is C13H16N2S2. The van der Waals surface area contributed by atoms with Gasteiger partial charge in [-0.1, -0.05) is 0 Å². The second-order valence-corrected chi connectivity index (χ2v) is 6.91. The number of aryl methyl sites for hydroxylation is 1. The van der Waals surface area contributed by atoms with Crippen molar-refractivity contribution in [1.82, 2.24) is 4.98 Å². The van der Waals surface area contributed by atoms with E-state index in [1.54, 1.807) is 11.3 Å². The molecule has 1 saturated heterocycles. The average molecular weight is 264 g/mol. The molecule has 1 aromatic carbocycles.